The van der Waals surface area contributed by atoms with Crippen LogP contribution >= 0.6 is 11.8 Å². The lowest BCUT2D eigenvalue weighted by Crippen LogP contribution is -2.30. The smallest absolute Gasteiger partial charge is 0.270 e. The summed E-state index contributed by atoms with van der Waals surface area (Å²) in [6.07, 6.45) is 1.44. The number of hydrogen-bond acceptors (Lipinski definition) is 6. The van der Waals surface area contributed by atoms with E-state index in [1.54, 1.807) is 17.0 Å². The van der Waals surface area contributed by atoms with Crippen LogP contribution < -0.4 is 0 Å². The minimum atomic E-state index is -0.460. The number of carbonyl (C=O) groups is 1. The van der Waals surface area contributed by atoms with Crippen molar-refractivity contribution in [2.75, 3.05) is 0 Å². The van der Waals surface area contributed by atoms with E-state index in [2.05, 4.69) is 10.2 Å². The molecule has 1 aliphatic heterocycles. The lowest BCUT2D eigenvalue weighted by molar-refractivity contribution is -0.384. The molecule has 132 valence electrons. The summed E-state index contributed by atoms with van der Waals surface area (Å²) >= 11 is 1.35. The maximum atomic E-state index is 12.4. The molecule has 8 heteroatoms. The molecule has 0 aliphatic carbocycles. The fraction of sp³-hybridized carbons (Fsp3) is 0.167. The summed E-state index contributed by atoms with van der Waals surface area (Å²) in [5.41, 5.74) is 1.57. The average Bonchev–Trinajstić information content (AvgIpc) is 2.90. The summed E-state index contributed by atoms with van der Waals surface area (Å²) < 4.78 is 0. The van der Waals surface area contributed by atoms with Gasteiger partial charge in [0, 0.05) is 17.7 Å². The number of hydrogen-bond donors (Lipinski definition) is 0. The Labute approximate surface area is 154 Å². The lowest BCUT2D eigenvalue weighted by atomic mass is 10.2. The van der Waals surface area contributed by atoms with Crippen molar-refractivity contribution in [3.8, 4) is 0 Å². The number of amides is 1. The number of nitrogens with zero attached hydrogens (tertiary/aromatic N) is 4. The zero-order chi connectivity index (χ0) is 18.5. The van der Waals surface area contributed by atoms with Crippen LogP contribution in [0.25, 0.3) is 0 Å². The molecule has 2 aromatic rings. The van der Waals surface area contributed by atoms with E-state index in [1.165, 1.54) is 30.1 Å². The molecule has 0 bridgehead atoms. The fourth-order valence-electron chi connectivity index (χ4n) is 2.44. The highest BCUT2D eigenvalue weighted by molar-refractivity contribution is 8.15. The maximum absolute atomic E-state index is 12.4. The van der Waals surface area contributed by atoms with Crippen LogP contribution in [0.3, 0.4) is 0 Å². The monoisotopic (exact) mass is 368 g/mol. The van der Waals surface area contributed by atoms with Crippen molar-refractivity contribution >= 4 is 34.7 Å². The second kappa shape index (κ2) is 7.92. The first kappa shape index (κ1) is 17.8. The molecular formula is C18H16N4O3S. The van der Waals surface area contributed by atoms with Crippen molar-refractivity contribution in [2.45, 2.75) is 18.7 Å². The quantitative estimate of drug-likeness (QED) is 0.459. The highest BCUT2D eigenvalue weighted by atomic mass is 32.2. The number of carbonyl (C=O) groups excluding carboxylic acids is 1. The Morgan fingerprint density at radius 1 is 1.23 bits per heavy atom. The molecule has 1 aliphatic rings. The average molecular weight is 368 g/mol. The van der Waals surface area contributed by atoms with E-state index in [1.807, 2.05) is 37.3 Å². The van der Waals surface area contributed by atoms with Crippen LogP contribution in [-0.4, -0.2) is 32.4 Å². The van der Waals surface area contributed by atoms with Crippen LogP contribution in [0.4, 0.5) is 5.69 Å². The summed E-state index contributed by atoms with van der Waals surface area (Å²) in [6.45, 7) is 2.26. The van der Waals surface area contributed by atoms with Gasteiger partial charge >= 0.3 is 0 Å². The topological polar surface area (TPSA) is 88.2 Å². The van der Waals surface area contributed by atoms with Gasteiger partial charge in [-0.25, -0.2) is 0 Å². The summed E-state index contributed by atoms with van der Waals surface area (Å²) in [4.78, 5) is 24.3. The number of rotatable bonds is 5. The molecule has 1 heterocycles. The van der Waals surface area contributed by atoms with E-state index < -0.39 is 4.92 Å². The summed E-state index contributed by atoms with van der Waals surface area (Å²) in [5, 5.41) is 19.3. The molecule has 1 amide bonds. The van der Waals surface area contributed by atoms with E-state index >= 15 is 0 Å². The predicted molar refractivity (Wildman–Crippen MR) is 102 cm³/mol. The van der Waals surface area contributed by atoms with Crippen LogP contribution in [0.2, 0.25) is 0 Å². The number of nitro groups is 1. The second-order valence-electron chi connectivity index (χ2n) is 5.65. The highest BCUT2D eigenvalue weighted by Crippen LogP contribution is 2.28. The molecule has 0 unspecified atom stereocenters. The molecule has 0 spiro atoms. The molecule has 1 fully saturated rings. The van der Waals surface area contributed by atoms with E-state index in [9.17, 15) is 14.9 Å². The van der Waals surface area contributed by atoms with Gasteiger partial charge in [-0.2, -0.15) is 5.10 Å². The molecule has 3 rings (SSSR count). The summed E-state index contributed by atoms with van der Waals surface area (Å²) in [7, 11) is 0. The molecule has 0 aromatic heterocycles. The Balaban J connectivity index is 1.78. The second-order valence-corrected chi connectivity index (χ2v) is 6.96. The maximum Gasteiger partial charge on any atom is 0.270 e. The number of non-ortho nitro benzene ring substituents is 1. The molecule has 2 aromatic carbocycles. The number of nitro benzene ring substituents is 1. The lowest BCUT2D eigenvalue weighted by Gasteiger charge is -2.15. The van der Waals surface area contributed by atoms with Gasteiger partial charge in [0.15, 0.2) is 5.17 Å². The van der Waals surface area contributed by atoms with Gasteiger partial charge in [0.25, 0.3) is 5.69 Å². The summed E-state index contributed by atoms with van der Waals surface area (Å²) in [5.74, 6) is -0.0110. The molecule has 1 saturated heterocycles. The van der Waals surface area contributed by atoms with Crippen LogP contribution in [0.15, 0.2) is 64.8 Å². The Hall–Kier alpha value is -3.00. The Morgan fingerprint density at radius 2 is 2.00 bits per heavy atom. The number of benzene rings is 2. The van der Waals surface area contributed by atoms with Crippen molar-refractivity contribution in [1.82, 2.24) is 4.90 Å². The van der Waals surface area contributed by atoms with Crippen molar-refractivity contribution in [1.29, 1.82) is 0 Å². The van der Waals surface area contributed by atoms with E-state index in [0.29, 0.717) is 17.3 Å². The molecule has 1 atom stereocenters. The van der Waals surface area contributed by atoms with Gasteiger partial charge in [0.2, 0.25) is 5.91 Å². The van der Waals surface area contributed by atoms with Crippen LogP contribution in [0, 0.1) is 10.1 Å². The zero-order valence-corrected chi connectivity index (χ0v) is 14.8. The largest absolute Gasteiger partial charge is 0.284 e. The third kappa shape index (κ3) is 4.15. The van der Waals surface area contributed by atoms with Crippen molar-refractivity contribution in [2.24, 2.45) is 10.2 Å². The van der Waals surface area contributed by atoms with Crippen LogP contribution in [0.5, 0.6) is 0 Å². The summed E-state index contributed by atoms with van der Waals surface area (Å²) in [6, 6.07) is 15.8. The first-order valence-electron chi connectivity index (χ1n) is 7.92. The number of amidine groups is 1. The third-order valence-electron chi connectivity index (χ3n) is 3.74. The predicted octanol–water partition coefficient (Wildman–Crippen LogP) is 3.45. The standard InChI is InChI=1S/C18H16N4O3S/c1-13-17(23)21(12-14-6-3-2-4-7-14)18(26-13)20-19-11-15-8-5-9-16(10-15)22(24)25/h2-11,13H,12H2,1H3/b19-11-,20-18-/t13-/m1/s1. The molecule has 7 nitrogen and oxygen atoms in total. The normalized spacial score (nSPS) is 18.8. The zero-order valence-electron chi connectivity index (χ0n) is 14.0. The Morgan fingerprint density at radius 3 is 2.73 bits per heavy atom. The number of thioether (sulfide) groups is 1. The van der Waals surface area contributed by atoms with Gasteiger partial charge in [-0.05, 0) is 12.5 Å². The first-order valence-corrected chi connectivity index (χ1v) is 8.80. The van der Waals surface area contributed by atoms with Gasteiger partial charge in [-0.15, -0.1) is 5.10 Å². The van der Waals surface area contributed by atoms with E-state index in [4.69, 9.17) is 0 Å². The Bertz CT molecular complexity index is 883. The van der Waals surface area contributed by atoms with E-state index in [-0.39, 0.29) is 16.8 Å². The fourth-order valence-corrected chi connectivity index (χ4v) is 3.36. The molecule has 26 heavy (non-hydrogen) atoms. The van der Waals surface area contributed by atoms with Gasteiger partial charge in [-0.3, -0.25) is 19.8 Å². The van der Waals surface area contributed by atoms with Crippen molar-refractivity contribution < 1.29 is 9.72 Å². The molecule has 0 N–H and O–H groups in total. The van der Waals surface area contributed by atoms with Gasteiger partial charge < -0.3 is 0 Å². The highest BCUT2D eigenvalue weighted by Gasteiger charge is 2.35. The van der Waals surface area contributed by atoms with Gasteiger partial charge in [0.1, 0.15) is 0 Å². The van der Waals surface area contributed by atoms with Crippen LogP contribution in [0.1, 0.15) is 18.1 Å². The SMILES string of the molecule is C[C@H]1S/C(=N\N=C/c2cccc([N+](=O)[O-])c2)N(Cc2ccccc2)C1=O. The first-order chi connectivity index (χ1) is 12.5. The molecular weight excluding hydrogens is 352 g/mol. The third-order valence-corrected chi connectivity index (χ3v) is 4.81. The minimum Gasteiger partial charge on any atom is -0.284 e. The Kier molecular flexibility index (Phi) is 5.43. The van der Waals surface area contributed by atoms with Crippen molar-refractivity contribution in [3.05, 3.63) is 75.8 Å². The van der Waals surface area contributed by atoms with E-state index in [0.717, 1.165) is 5.56 Å². The van der Waals surface area contributed by atoms with Gasteiger partial charge in [0.05, 0.1) is 22.9 Å². The van der Waals surface area contributed by atoms with Gasteiger partial charge in [-0.1, -0.05) is 54.2 Å². The van der Waals surface area contributed by atoms with Crippen LogP contribution in [-0.2, 0) is 11.3 Å². The minimum absolute atomic E-state index is 0.00801. The molecule has 0 saturated carbocycles. The molecule has 0 radical (unpaired) electrons. The van der Waals surface area contributed by atoms with Crippen molar-refractivity contribution in [3.63, 3.8) is 0 Å².